The van der Waals surface area contributed by atoms with Crippen LogP contribution in [0.5, 0.6) is 0 Å². The van der Waals surface area contributed by atoms with E-state index in [1.807, 2.05) is 7.05 Å². The highest BCUT2D eigenvalue weighted by Crippen LogP contribution is 2.03. The molecule has 2 N–H and O–H groups in total. The molecule has 0 saturated heterocycles. The van der Waals surface area contributed by atoms with Crippen LogP contribution < -0.4 is 5.32 Å². The molecule has 5 nitrogen and oxygen atoms in total. The Hall–Kier alpha value is -1.36. The van der Waals surface area contributed by atoms with Gasteiger partial charge in [0.2, 0.25) is 5.91 Å². The van der Waals surface area contributed by atoms with Crippen molar-refractivity contribution in [1.82, 2.24) is 10.2 Å². The summed E-state index contributed by atoms with van der Waals surface area (Å²) in [4.78, 5) is 24.4. The number of rotatable bonds is 6. The van der Waals surface area contributed by atoms with Gasteiger partial charge in [0, 0.05) is 30.3 Å². The van der Waals surface area contributed by atoms with Crippen LogP contribution >= 0.6 is 0 Å². The van der Waals surface area contributed by atoms with Gasteiger partial charge in [0.1, 0.15) is 0 Å². The summed E-state index contributed by atoms with van der Waals surface area (Å²) in [6.07, 6.45) is 0. The van der Waals surface area contributed by atoms with Crippen LogP contribution in [-0.2, 0) is 9.59 Å². The highest BCUT2D eigenvalue weighted by Gasteiger charge is 2.12. The van der Waals surface area contributed by atoms with Crippen LogP contribution in [0.25, 0.3) is 0 Å². The first-order chi connectivity index (χ1) is 7.77. The van der Waals surface area contributed by atoms with Crippen molar-refractivity contribution in [3.8, 4) is 0 Å². The molecular weight excluding hydrogens is 220 g/mol. The maximum atomic E-state index is 11.6. The van der Waals surface area contributed by atoms with Gasteiger partial charge >= 0.3 is 5.97 Å². The first-order valence-corrected chi connectivity index (χ1v) is 5.66. The average Bonchev–Trinajstić information content (AvgIpc) is 2.26. The van der Waals surface area contributed by atoms with Crippen molar-refractivity contribution in [3.05, 3.63) is 11.1 Å². The van der Waals surface area contributed by atoms with E-state index in [1.54, 1.807) is 0 Å². The Bertz CT molecular complexity index is 322. The molecule has 5 heteroatoms. The minimum Gasteiger partial charge on any atom is -0.478 e. The van der Waals surface area contributed by atoms with E-state index in [2.05, 4.69) is 24.1 Å². The third-order valence-corrected chi connectivity index (χ3v) is 2.86. The summed E-state index contributed by atoms with van der Waals surface area (Å²) < 4.78 is 0. The zero-order valence-electron chi connectivity index (χ0n) is 11.2. The number of aliphatic carboxylic acids is 1. The minimum atomic E-state index is -1.06. The zero-order valence-corrected chi connectivity index (χ0v) is 11.2. The molecule has 98 valence electrons. The van der Waals surface area contributed by atoms with Crippen LogP contribution in [0.3, 0.4) is 0 Å². The number of nitrogens with one attached hydrogen (secondary N) is 1. The van der Waals surface area contributed by atoms with Crippen LogP contribution in [-0.4, -0.2) is 48.1 Å². The van der Waals surface area contributed by atoms with Gasteiger partial charge in [-0.1, -0.05) is 0 Å². The van der Waals surface area contributed by atoms with Gasteiger partial charge in [0.25, 0.3) is 0 Å². The predicted molar refractivity (Wildman–Crippen MR) is 66.8 cm³/mol. The number of nitrogens with zero attached hydrogens (tertiary/aromatic N) is 1. The molecule has 0 aliphatic carbocycles. The number of carbonyl (C=O) groups excluding carboxylic acids is 1. The van der Waals surface area contributed by atoms with Crippen molar-refractivity contribution >= 4 is 11.9 Å². The maximum absolute atomic E-state index is 11.6. The molecule has 0 spiro atoms. The molecule has 0 aliphatic rings. The maximum Gasteiger partial charge on any atom is 0.331 e. The largest absolute Gasteiger partial charge is 0.478 e. The lowest BCUT2D eigenvalue weighted by Crippen LogP contribution is -2.36. The zero-order chi connectivity index (χ0) is 13.6. The standard InChI is InChI=1S/C12H22N2O3/c1-8(2)14(5)7-6-13-11(15)9(3)10(4)12(16)17/h8H,6-7H2,1-5H3,(H,13,15)(H,16,17). The second-order valence-electron chi connectivity index (χ2n) is 4.39. The molecule has 0 atom stereocenters. The van der Waals surface area contributed by atoms with Crippen molar-refractivity contribution in [2.45, 2.75) is 33.7 Å². The molecule has 1 amide bonds. The number of hydrogen-bond acceptors (Lipinski definition) is 3. The van der Waals surface area contributed by atoms with Gasteiger partial charge in [0.05, 0.1) is 0 Å². The second kappa shape index (κ2) is 7.06. The van der Waals surface area contributed by atoms with E-state index in [0.717, 1.165) is 6.54 Å². The van der Waals surface area contributed by atoms with E-state index in [1.165, 1.54) is 13.8 Å². The van der Waals surface area contributed by atoms with Crippen molar-refractivity contribution in [2.24, 2.45) is 0 Å². The van der Waals surface area contributed by atoms with Crippen molar-refractivity contribution in [3.63, 3.8) is 0 Å². The minimum absolute atomic E-state index is 0.0831. The van der Waals surface area contributed by atoms with Crippen molar-refractivity contribution in [2.75, 3.05) is 20.1 Å². The fourth-order valence-corrected chi connectivity index (χ4v) is 1.07. The molecule has 0 aromatic rings. The van der Waals surface area contributed by atoms with Crippen LogP contribution in [0.1, 0.15) is 27.7 Å². The van der Waals surface area contributed by atoms with E-state index < -0.39 is 5.97 Å². The number of amides is 1. The topological polar surface area (TPSA) is 69.6 Å². The van der Waals surface area contributed by atoms with Gasteiger partial charge in [-0.3, -0.25) is 4.79 Å². The number of carboxylic acid groups (broad SMARTS) is 1. The fraction of sp³-hybridized carbons (Fsp3) is 0.667. The summed E-state index contributed by atoms with van der Waals surface area (Å²) in [6, 6.07) is 0.421. The summed E-state index contributed by atoms with van der Waals surface area (Å²) in [5.41, 5.74) is 0.337. The third-order valence-electron chi connectivity index (χ3n) is 2.86. The highest BCUT2D eigenvalue weighted by molar-refractivity contribution is 6.01. The quantitative estimate of drug-likeness (QED) is 0.678. The van der Waals surface area contributed by atoms with Crippen LogP contribution in [0.4, 0.5) is 0 Å². The molecular formula is C12H22N2O3. The van der Waals surface area contributed by atoms with Gasteiger partial charge in [-0.05, 0) is 34.7 Å². The van der Waals surface area contributed by atoms with Crippen molar-refractivity contribution in [1.29, 1.82) is 0 Å². The summed E-state index contributed by atoms with van der Waals surface area (Å²) in [5.74, 6) is -1.38. The number of likely N-dealkylation sites (N-methyl/N-ethyl adjacent to an activating group) is 1. The lowest BCUT2D eigenvalue weighted by atomic mass is 10.1. The van der Waals surface area contributed by atoms with Gasteiger partial charge in [-0.2, -0.15) is 0 Å². The molecule has 0 saturated carbocycles. The van der Waals surface area contributed by atoms with Gasteiger partial charge in [0.15, 0.2) is 0 Å². The number of carboxylic acids is 1. The Labute approximate surface area is 102 Å². The Morgan fingerprint density at radius 3 is 2.18 bits per heavy atom. The summed E-state index contributed by atoms with van der Waals surface area (Å²) in [7, 11) is 1.97. The highest BCUT2D eigenvalue weighted by atomic mass is 16.4. The number of carbonyl (C=O) groups is 2. The van der Waals surface area contributed by atoms with Gasteiger partial charge in [-0.15, -0.1) is 0 Å². The fourth-order valence-electron chi connectivity index (χ4n) is 1.07. The van der Waals surface area contributed by atoms with Crippen molar-refractivity contribution < 1.29 is 14.7 Å². The SMILES string of the molecule is CC(C(=O)O)=C(C)C(=O)NCCN(C)C(C)C. The van der Waals surface area contributed by atoms with Gasteiger partial charge in [-0.25, -0.2) is 4.79 Å². The van der Waals surface area contributed by atoms with Crippen LogP contribution in [0.15, 0.2) is 11.1 Å². The first-order valence-electron chi connectivity index (χ1n) is 5.66. The molecule has 0 radical (unpaired) electrons. The van der Waals surface area contributed by atoms with Crippen LogP contribution in [0.2, 0.25) is 0 Å². The molecule has 17 heavy (non-hydrogen) atoms. The molecule has 0 heterocycles. The smallest absolute Gasteiger partial charge is 0.331 e. The molecule has 0 aromatic heterocycles. The summed E-state index contributed by atoms with van der Waals surface area (Å²) >= 11 is 0. The number of hydrogen-bond donors (Lipinski definition) is 2. The Morgan fingerprint density at radius 2 is 1.76 bits per heavy atom. The Morgan fingerprint density at radius 1 is 1.24 bits per heavy atom. The first kappa shape index (κ1) is 15.6. The molecule has 0 fully saturated rings. The molecule has 0 aliphatic heterocycles. The lowest BCUT2D eigenvalue weighted by Gasteiger charge is -2.20. The monoisotopic (exact) mass is 242 g/mol. The molecule has 0 rings (SSSR count). The van der Waals surface area contributed by atoms with E-state index >= 15 is 0 Å². The normalized spacial score (nSPS) is 12.6. The van der Waals surface area contributed by atoms with E-state index in [9.17, 15) is 9.59 Å². The Balaban J connectivity index is 4.21. The third kappa shape index (κ3) is 5.49. The van der Waals surface area contributed by atoms with E-state index in [0.29, 0.717) is 12.6 Å². The predicted octanol–water partition coefficient (Wildman–Crippen LogP) is 0.864. The van der Waals surface area contributed by atoms with E-state index in [4.69, 9.17) is 5.11 Å². The molecule has 0 unspecified atom stereocenters. The summed E-state index contributed by atoms with van der Waals surface area (Å²) in [5, 5.41) is 11.4. The average molecular weight is 242 g/mol. The lowest BCUT2D eigenvalue weighted by molar-refractivity contribution is -0.133. The molecule has 0 bridgehead atoms. The van der Waals surface area contributed by atoms with Crippen LogP contribution in [0, 0.1) is 0 Å². The van der Waals surface area contributed by atoms with Gasteiger partial charge < -0.3 is 15.3 Å². The van der Waals surface area contributed by atoms with E-state index in [-0.39, 0.29) is 17.1 Å². The second-order valence-corrected chi connectivity index (χ2v) is 4.39. The molecule has 0 aromatic carbocycles. The Kier molecular flexibility index (Phi) is 6.50. The summed E-state index contributed by atoms with van der Waals surface area (Å²) in [6.45, 7) is 8.34.